The van der Waals surface area contributed by atoms with Crippen molar-refractivity contribution in [3.63, 3.8) is 0 Å². The fourth-order valence-corrected chi connectivity index (χ4v) is 4.53. The van der Waals surface area contributed by atoms with Crippen molar-refractivity contribution in [2.75, 3.05) is 29.9 Å². The van der Waals surface area contributed by atoms with Crippen LogP contribution in [0.2, 0.25) is 5.02 Å². The van der Waals surface area contributed by atoms with Gasteiger partial charge in [-0.15, -0.1) is 11.8 Å². The second-order valence-corrected chi connectivity index (χ2v) is 9.53. The van der Waals surface area contributed by atoms with Crippen molar-refractivity contribution in [3.05, 3.63) is 59.1 Å². The highest BCUT2D eigenvalue weighted by Gasteiger charge is 2.20. The van der Waals surface area contributed by atoms with Gasteiger partial charge in [0.25, 0.3) is 0 Å². The molecule has 0 atom stereocenters. The molecule has 0 saturated heterocycles. The maximum Gasteiger partial charge on any atom is 0.232 e. The Balaban J connectivity index is 1.84. The van der Waals surface area contributed by atoms with Gasteiger partial charge in [0, 0.05) is 29.4 Å². The molecule has 0 fully saturated rings. The van der Waals surface area contributed by atoms with Crippen LogP contribution in [0.4, 0.5) is 5.69 Å². The van der Waals surface area contributed by atoms with Crippen LogP contribution >= 0.6 is 23.4 Å². The Morgan fingerprint density at radius 3 is 2.46 bits per heavy atom. The number of carbonyl (C=O) groups is 1. The van der Waals surface area contributed by atoms with Crippen molar-refractivity contribution in [2.24, 2.45) is 0 Å². The van der Waals surface area contributed by atoms with Crippen LogP contribution in [0.3, 0.4) is 0 Å². The number of sulfonamides is 1. The number of carbonyl (C=O) groups excluding carboxylic acids is 1. The zero-order chi connectivity index (χ0) is 20.6. The number of benzene rings is 2. The van der Waals surface area contributed by atoms with E-state index in [1.54, 1.807) is 6.07 Å². The third kappa shape index (κ3) is 7.04. The second-order valence-electron chi connectivity index (χ2n) is 6.34. The molecule has 28 heavy (non-hydrogen) atoms. The molecule has 2 aromatic carbocycles. The first-order valence-corrected chi connectivity index (χ1v) is 12.4. The molecule has 8 heteroatoms. The fraction of sp³-hybridized carbons (Fsp3) is 0.350. The van der Waals surface area contributed by atoms with Crippen molar-refractivity contribution in [2.45, 2.75) is 24.2 Å². The minimum atomic E-state index is -3.43. The number of amides is 1. The predicted octanol–water partition coefficient (Wildman–Crippen LogP) is 3.97. The average Bonchev–Trinajstić information content (AvgIpc) is 2.66. The van der Waals surface area contributed by atoms with Crippen LogP contribution in [-0.4, -0.2) is 39.9 Å². The molecule has 5 nitrogen and oxygen atoms in total. The van der Waals surface area contributed by atoms with E-state index in [1.165, 1.54) is 22.3 Å². The van der Waals surface area contributed by atoms with Gasteiger partial charge in [-0.1, -0.05) is 35.9 Å². The molecule has 0 spiro atoms. The average molecular weight is 441 g/mol. The number of nitrogens with one attached hydrogen (secondary N) is 1. The molecule has 0 bridgehead atoms. The summed E-state index contributed by atoms with van der Waals surface area (Å²) < 4.78 is 25.8. The maximum absolute atomic E-state index is 12.2. The van der Waals surface area contributed by atoms with Gasteiger partial charge in [-0.05, 0) is 48.9 Å². The fourth-order valence-electron chi connectivity index (χ4n) is 2.77. The van der Waals surface area contributed by atoms with Gasteiger partial charge in [-0.2, -0.15) is 0 Å². The van der Waals surface area contributed by atoms with Crippen molar-refractivity contribution in [1.82, 2.24) is 5.32 Å². The van der Waals surface area contributed by atoms with Crippen LogP contribution in [0.5, 0.6) is 0 Å². The van der Waals surface area contributed by atoms with Gasteiger partial charge in [0.1, 0.15) is 0 Å². The molecule has 2 aromatic rings. The van der Waals surface area contributed by atoms with Crippen molar-refractivity contribution >= 4 is 45.0 Å². The molecule has 0 aromatic heterocycles. The van der Waals surface area contributed by atoms with Crippen LogP contribution in [0, 0.1) is 0 Å². The van der Waals surface area contributed by atoms with Crippen molar-refractivity contribution in [3.8, 4) is 0 Å². The highest BCUT2D eigenvalue weighted by molar-refractivity contribution is 7.99. The summed E-state index contributed by atoms with van der Waals surface area (Å²) in [5.41, 5.74) is 1.75. The normalized spacial score (nSPS) is 11.2. The zero-order valence-corrected chi connectivity index (χ0v) is 18.4. The zero-order valence-electron chi connectivity index (χ0n) is 16.0. The first-order valence-electron chi connectivity index (χ1n) is 8.93. The predicted molar refractivity (Wildman–Crippen MR) is 118 cm³/mol. The highest BCUT2D eigenvalue weighted by atomic mass is 35.5. The molecule has 0 aliphatic heterocycles. The monoisotopic (exact) mass is 440 g/mol. The molecule has 1 amide bonds. The van der Waals surface area contributed by atoms with Gasteiger partial charge < -0.3 is 5.32 Å². The number of halogens is 1. The van der Waals surface area contributed by atoms with Crippen LogP contribution in [0.15, 0.2) is 53.4 Å². The number of para-hydroxylation sites is 1. The molecule has 2 rings (SSSR count). The molecule has 0 aliphatic rings. The van der Waals surface area contributed by atoms with Gasteiger partial charge in [-0.3, -0.25) is 9.10 Å². The maximum atomic E-state index is 12.2. The number of hydrogen-bond donors (Lipinski definition) is 1. The summed E-state index contributed by atoms with van der Waals surface area (Å²) in [5.74, 6) is -0.0828. The summed E-state index contributed by atoms with van der Waals surface area (Å²) in [6.07, 6.45) is 4.54. The number of rotatable bonds is 10. The van der Waals surface area contributed by atoms with Gasteiger partial charge >= 0.3 is 0 Å². The van der Waals surface area contributed by atoms with Crippen molar-refractivity contribution in [1.29, 1.82) is 0 Å². The van der Waals surface area contributed by atoms with Gasteiger partial charge in [-0.25, -0.2) is 8.42 Å². The molecule has 0 aliphatic carbocycles. The standard InChI is InChI=1S/C20H25ClN2O3S2/c1-27-19-7-4-3-6-18(19)23(28(2,25)26)15-5-8-20(24)22-14-13-16-9-11-17(21)12-10-16/h3-4,6-7,9-12H,5,8,13-15H2,1-2H3,(H,22,24). The Hall–Kier alpha value is -1.70. The third-order valence-electron chi connectivity index (χ3n) is 4.17. The van der Waals surface area contributed by atoms with Crippen molar-refractivity contribution < 1.29 is 13.2 Å². The Morgan fingerprint density at radius 2 is 1.82 bits per heavy atom. The van der Waals surface area contributed by atoms with E-state index < -0.39 is 10.0 Å². The minimum absolute atomic E-state index is 0.0828. The number of anilines is 1. The van der Waals surface area contributed by atoms with Crippen LogP contribution < -0.4 is 9.62 Å². The number of thioether (sulfide) groups is 1. The SMILES string of the molecule is CSc1ccccc1N(CCCC(=O)NCCc1ccc(Cl)cc1)S(C)(=O)=O. The Bertz CT molecular complexity index is 887. The van der Waals surface area contributed by atoms with E-state index in [2.05, 4.69) is 5.32 Å². The first-order chi connectivity index (χ1) is 13.3. The van der Waals surface area contributed by atoms with Crippen LogP contribution in [-0.2, 0) is 21.2 Å². The van der Waals surface area contributed by atoms with E-state index in [9.17, 15) is 13.2 Å². The lowest BCUT2D eigenvalue weighted by atomic mass is 10.1. The van der Waals surface area contributed by atoms with E-state index in [4.69, 9.17) is 11.6 Å². The van der Waals surface area contributed by atoms with Gasteiger partial charge in [0.2, 0.25) is 15.9 Å². The van der Waals surface area contributed by atoms with Gasteiger partial charge in [0.15, 0.2) is 0 Å². The Labute approximate surface area is 176 Å². The highest BCUT2D eigenvalue weighted by Crippen LogP contribution is 2.30. The molecule has 0 saturated carbocycles. The van der Waals surface area contributed by atoms with E-state index >= 15 is 0 Å². The summed E-state index contributed by atoms with van der Waals surface area (Å²) in [7, 11) is -3.43. The lowest BCUT2D eigenvalue weighted by Crippen LogP contribution is -2.32. The summed E-state index contributed by atoms with van der Waals surface area (Å²) in [5, 5.41) is 3.56. The molecule has 0 radical (unpaired) electrons. The summed E-state index contributed by atoms with van der Waals surface area (Å²) in [6, 6.07) is 14.9. The lowest BCUT2D eigenvalue weighted by molar-refractivity contribution is -0.121. The molecular formula is C20H25ClN2O3S2. The Kier molecular flexibility index (Phi) is 8.66. The largest absolute Gasteiger partial charge is 0.356 e. The quantitative estimate of drug-likeness (QED) is 0.568. The number of hydrogen-bond acceptors (Lipinski definition) is 4. The molecule has 1 N–H and O–H groups in total. The topological polar surface area (TPSA) is 66.5 Å². The molecule has 152 valence electrons. The second kappa shape index (κ2) is 10.7. The summed E-state index contributed by atoms with van der Waals surface area (Å²) >= 11 is 7.35. The smallest absolute Gasteiger partial charge is 0.232 e. The molecular weight excluding hydrogens is 416 g/mol. The first kappa shape index (κ1) is 22.6. The van der Waals surface area contributed by atoms with E-state index in [0.717, 1.165) is 16.9 Å². The minimum Gasteiger partial charge on any atom is -0.356 e. The Morgan fingerprint density at radius 1 is 1.14 bits per heavy atom. The van der Waals surface area contributed by atoms with Crippen LogP contribution in [0.1, 0.15) is 18.4 Å². The van der Waals surface area contributed by atoms with Crippen LogP contribution in [0.25, 0.3) is 0 Å². The van der Waals surface area contributed by atoms with E-state index in [1.807, 2.05) is 48.7 Å². The van der Waals surface area contributed by atoms with Gasteiger partial charge in [0.05, 0.1) is 11.9 Å². The van der Waals surface area contributed by atoms with E-state index in [-0.39, 0.29) is 18.9 Å². The summed E-state index contributed by atoms with van der Waals surface area (Å²) in [4.78, 5) is 13.0. The molecule has 0 unspecified atom stereocenters. The number of nitrogens with zero attached hydrogens (tertiary/aromatic N) is 1. The van der Waals surface area contributed by atoms with E-state index in [0.29, 0.717) is 23.7 Å². The third-order valence-corrected chi connectivity index (χ3v) is 6.39. The lowest BCUT2D eigenvalue weighted by Gasteiger charge is -2.24. The molecule has 0 heterocycles. The summed E-state index contributed by atoms with van der Waals surface area (Å²) in [6.45, 7) is 0.798.